The third-order valence-electron chi connectivity index (χ3n) is 1.65. The minimum absolute atomic E-state index is 0.0278. The van der Waals surface area contributed by atoms with Crippen LogP contribution in [0.5, 0.6) is 0 Å². The second kappa shape index (κ2) is 3.58. The normalized spacial score (nSPS) is 9.31. The van der Waals surface area contributed by atoms with Gasteiger partial charge in [-0.1, -0.05) is 15.9 Å². The second-order valence-corrected chi connectivity index (χ2v) is 3.42. The highest BCUT2D eigenvalue weighted by atomic mass is 79.9. The van der Waals surface area contributed by atoms with Gasteiger partial charge in [-0.3, -0.25) is 0 Å². The van der Waals surface area contributed by atoms with Gasteiger partial charge in [0.2, 0.25) is 0 Å². The zero-order chi connectivity index (χ0) is 10.0. The number of halogens is 1. The Balaban J connectivity index is 3.44. The molecule has 1 N–H and O–H groups in total. The van der Waals surface area contributed by atoms with Crippen LogP contribution in [0.4, 0.5) is 0 Å². The first-order valence-electron chi connectivity index (χ1n) is 3.50. The first-order chi connectivity index (χ1) is 6.06. The van der Waals surface area contributed by atoms with Crippen LogP contribution in [0.3, 0.4) is 0 Å². The summed E-state index contributed by atoms with van der Waals surface area (Å²) >= 11 is 3.20. The Kier molecular flexibility index (Phi) is 2.69. The monoisotopic (exact) mass is 239 g/mol. The van der Waals surface area contributed by atoms with Crippen molar-refractivity contribution in [1.82, 2.24) is 0 Å². The summed E-state index contributed by atoms with van der Waals surface area (Å²) < 4.78 is 0.698. The van der Waals surface area contributed by atoms with Crippen LogP contribution in [0.15, 0.2) is 16.6 Å². The zero-order valence-corrected chi connectivity index (χ0v) is 8.42. The molecule has 0 saturated heterocycles. The Bertz CT molecular complexity index is 407. The van der Waals surface area contributed by atoms with Crippen molar-refractivity contribution in [1.29, 1.82) is 5.26 Å². The second-order valence-electron chi connectivity index (χ2n) is 2.56. The van der Waals surface area contributed by atoms with Crippen LogP contribution in [-0.4, -0.2) is 11.1 Å². The van der Waals surface area contributed by atoms with E-state index < -0.39 is 5.97 Å². The molecule has 0 fully saturated rings. The summed E-state index contributed by atoms with van der Waals surface area (Å²) in [6.07, 6.45) is 0. The summed E-state index contributed by atoms with van der Waals surface area (Å²) in [5.41, 5.74) is 1.06. The molecule has 66 valence electrons. The molecule has 0 saturated carbocycles. The van der Waals surface area contributed by atoms with Crippen molar-refractivity contribution >= 4 is 21.9 Å². The van der Waals surface area contributed by atoms with Crippen molar-refractivity contribution in [2.75, 3.05) is 0 Å². The van der Waals surface area contributed by atoms with Gasteiger partial charge in [0.15, 0.2) is 0 Å². The number of hydrogen-bond acceptors (Lipinski definition) is 2. The van der Waals surface area contributed by atoms with E-state index in [2.05, 4.69) is 15.9 Å². The highest BCUT2D eigenvalue weighted by molar-refractivity contribution is 9.10. The lowest BCUT2D eigenvalue weighted by Crippen LogP contribution is -2.00. The first kappa shape index (κ1) is 9.75. The third-order valence-corrected chi connectivity index (χ3v) is 2.50. The van der Waals surface area contributed by atoms with E-state index in [-0.39, 0.29) is 11.1 Å². The smallest absolute Gasteiger partial charge is 0.337 e. The molecule has 0 radical (unpaired) electrons. The molecule has 0 aliphatic carbocycles. The molecule has 0 aliphatic heterocycles. The van der Waals surface area contributed by atoms with Gasteiger partial charge in [-0.2, -0.15) is 5.26 Å². The molecular weight excluding hydrogens is 234 g/mol. The maximum atomic E-state index is 10.7. The molecule has 13 heavy (non-hydrogen) atoms. The van der Waals surface area contributed by atoms with E-state index >= 15 is 0 Å². The largest absolute Gasteiger partial charge is 0.478 e. The van der Waals surface area contributed by atoms with Crippen molar-refractivity contribution in [3.8, 4) is 6.07 Å². The molecule has 0 heterocycles. The Morgan fingerprint density at radius 3 is 2.69 bits per heavy atom. The molecule has 0 aliphatic rings. The topological polar surface area (TPSA) is 61.1 Å². The maximum absolute atomic E-state index is 10.7. The zero-order valence-electron chi connectivity index (χ0n) is 6.84. The van der Waals surface area contributed by atoms with Gasteiger partial charge < -0.3 is 5.11 Å². The number of benzene rings is 1. The number of hydrogen-bond donors (Lipinski definition) is 1. The average Bonchev–Trinajstić information content (AvgIpc) is 2.08. The summed E-state index contributed by atoms with van der Waals surface area (Å²) in [4.78, 5) is 10.7. The van der Waals surface area contributed by atoms with Crippen molar-refractivity contribution in [2.24, 2.45) is 0 Å². The van der Waals surface area contributed by atoms with Gasteiger partial charge in [-0.05, 0) is 24.6 Å². The van der Waals surface area contributed by atoms with Gasteiger partial charge in [0.25, 0.3) is 0 Å². The third kappa shape index (κ3) is 1.87. The van der Waals surface area contributed by atoms with Crippen LogP contribution in [0.25, 0.3) is 0 Å². The van der Waals surface area contributed by atoms with Crippen LogP contribution in [-0.2, 0) is 0 Å². The van der Waals surface area contributed by atoms with E-state index in [9.17, 15) is 4.79 Å². The highest BCUT2D eigenvalue weighted by Crippen LogP contribution is 2.20. The summed E-state index contributed by atoms with van der Waals surface area (Å²) in [5.74, 6) is -1.09. The number of carbonyl (C=O) groups is 1. The molecule has 4 heteroatoms. The van der Waals surface area contributed by atoms with Crippen LogP contribution in [0.2, 0.25) is 0 Å². The number of aryl methyl sites for hydroxylation is 1. The molecule has 0 spiro atoms. The lowest BCUT2D eigenvalue weighted by molar-refractivity contribution is 0.0696. The van der Waals surface area contributed by atoms with Crippen molar-refractivity contribution in [3.63, 3.8) is 0 Å². The molecular formula is C9H6BrNO2. The van der Waals surface area contributed by atoms with E-state index in [1.54, 1.807) is 13.0 Å². The first-order valence-corrected chi connectivity index (χ1v) is 4.29. The SMILES string of the molecule is Cc1cc(C#N)c(C(=O)O)cc1Br. The molecule has 0 amide bonds. The molecule has 1 aromatic carbocycles. The highest BCUT2D eigenvalue weighted by Gasteiger charge is 2.11. The fourth-order valence-electron chi connectivity index (χ4n) is 0.951. The minimum atomic E-state index is -1.09. The van der Waals surface area contributed by atoms with Gasteiger partial charge in [0.05, 0.1) is 11.1 Å². The predicted molar refractivity (Wildman–Crippen MR) is 50.6 cm³/mol. The fourth-order valence-corrected chi connectivity index (χ4v) is 1.29. The van der Waals surface area contributed by atoms with Crippen molar-refractivity contribution in [2.45, 2.75) is 6.92 Å². The molecule has 3 nitrogen and oxygen atoms in total. The van der Waals surface area contributed by atoms with Crippen LogP contribution >= 0.6 is 15.9 Å². The average molecular weight is 240 g/mol. The molecule has 1 rings (SSSR count). The Morgan fingerprint density at radius 2 is 2.23 bits per heavy atom. The summed E-state index contributed by atoms with van der Waals surface area (Å²) in [6.45, 7) is 1.80. The lowest BCUT2D eigenvalue weighted by atomic mass is 10.1. The summed E-state index contributed by atoms with van der Waals surface area (Å²) in [6, 6.07) is 4.83. The molecule has 0 unspecified atom stereocenters. The number of nitrogens with zero attached hydrogens (tertiary/aromatic N) is 1. The Morgan fingerprint density at radius 1 is 1.62 bits per heavy atom. The minimum Gasteiger partial charge on any atom is -0.478 e. The van der Waals surface area contributed by atoms with E-state index in [1.807, 2.05) is 6.07 Å². The molecule has 1 aromatic rings. The van der Waals surface area contributed by atoms with E-state index in [4.69, 9.17) is 10.4 Å². The van der Waals surface area contributed by atoms with Gasteiger partial charge >= 0.3 is 5.97 Å². The number of nitriles is 1. The standard InChI is InChI=1S/C9H6BrNO2/c1-5-2-6(4-11)7(9(12)13)3-8(5)10/h2-3H,1H3,(H,12,13). The number of carboxylic acids is 1. The van der Waals surface area contributed by atoms with E-state index in [0.29, 0.717) is 4.47 Å². The Labute approximate surface area is 83.7 Å². The molecule has 0 aromatic heterocycles. The van der Waals surface area contributed by atoms with Crippen molar-refractivity contribution < 1.29 is 9.90 Å². The fraction of sp³-hybridized carbons (Fsp3) is 0.111. The van der Waals surface area contributed by atoms with Crippen molar-refractivity contribution in [3.05, 3.63) is 33.3 Å². The van der Waals surface area contributed by atoms with Crippen LogP contribution in [0.1, 0.15) is 21.5 Å². The van der Waals surface area contributed by atoms with Gasteiger partial charge in [-0.25, -0.2) is 4.79 Å². The Hall–Kier alpha value is -1.34. The van der Waals surface area contributed by atoms with Gasteiger partial charge in [-0.15, -0.1) is 0 Å². The molecule has 0 atom stereocenters. The lowest BCUT2D eigenvalue weighted by Gasteiger charge is -2.02. The summed E-state index contributed by atoms with van der Waals surface area (Å²) in [5, 5.41) is 17.4. The quantitative estimate of drug-likeness (QED) is 0.819. The number of rotatable bonds is 1. The summed E-state index contributed by atoms with van der Waals surface area (Å²) in [7, 11) is 0. The van der Waals surface area contributed by atoms with Gasteiger partial charge in [0, 0.05) is 4.47 Å². The maximum Gasteiger partial charge on any atom is 0.337 e. The predicted octanol–water partition coefficient (Wildman–Crippen LogP) is 2.33. The van der Waals surface area contributed by atoms with E-state index in [0.717, 1.165) is 5.56 Å². The van der Waals surface area contributed by atoms with Crippen LogP contribution in [0, 0.1) is 18.3 Å². The number of aromatic carboxylic acids is 1. The van der Waals surface area contributed by atoms with E-state index in [1.165, 1.54) is 6.07 Å². The number of carboxylic acid groups (broad SMARTS) is 1. The van der Waals surface area contributed by atoms with Crippen LogP contribution < -0.4 is 0 Å². The van der Waals surface area contributed by atoms with Gasteiger partial charge in [0.1, 0.15) is 6.07 Å². The molecule has 0 bridgehead atoms.